The van der Waals surface area contributed by atoms with E-state index in [4.69, 9.17) is 16.3 Å². The summed E-state index contributed by atoms with van der Waals surface area (Å²) in [6.45, 7) is 2.20. The molecule has 8 nitrogen and oxygen atoms in total. The fourth-order valence-corrected chi connectivity index (χ4v) is 3.65. The number of urea groups is 1. The quantitative estimate of drug-likeness (QED) is 0.789. The van der Waals surface area contributed by atoms with E-state index in [1.54, 1.807) is 0 Å². The number of ether oxygens (including phenoxy) is 1. The van der Waals surface area contributed by atoms with Crippen molar-refractivity contribution >= 4 is 39.6 Å². The van der Waals surface area contributed by atoms with Crippen LogP contribution in [0, 0.1) is 0 Å². The van der Waals surface area contributed by atoms with E-state index in [2.05, 4.69) is 20.6 Å². The molecular weight excluding hydrogens is 392 g/mol. The molecule has 142 valence electrons. The predicted molar refractivity (Wildman–Crippen MR) is 101 cm³/mol. The second-order valence-corrected chi connectivity index (χ2v) is 8.18. The van der Waals surface area contributed by atoms with E-state index in [0.717, 1.165) is 0 Å². The molecule has 2 heterocycles. The number of hydrogen-bond donors (Lipinski definition) is 2. The number of pyridine rings is 1. The molecule has 0 saturated heterocycles. The molecule has 0 fully saturated rings. The van der Waals surface area contributed by atoms with Gasteiger partial charge in [-0.1, -0.05) is 11.6 Å². The highest BCUT2D eigenvalue weighted by molar-refractivity contribution is 7.91. The van der Waals surface area contributed by atoms with Crippen LogP contribution in [0.25, 0.3) is 0 Å². The first-order valence-electron chi connectivity index (χ1n) is 8.05. The van der Waals surface area contributed by atoms with Gasteiger partial charge in [0.2, 0.25) is 9.84 Å². The molecule has 27 heavy (non-hydrogen) atoms. The number of halogens is 1. The van der Waals surface area contributed by atoms with Crippen LogP contribution < -0.4 is 10.6 Å². The first-order chi connectivity index (χ1) is 12.9. The Morgan fingerprint density at radius 3 is 2.56 bits per heavy atom. The van der Waals surface area contributed by atoms with Crippen molar-refractivity contribution in [3.8, 4) is 0 Å². The lowest BCUT2D eigenvalue weighted by Crippen LogP contribution is -2.38. The van der Waals surface area contributed by atoms with Crippen molar-refractivity contribution in [3.05, 3.63) is 47.6 Å². The number of benzene rings is 1. The van der Waals surface area contributed by atoms with E-state index in [1.165, 1.54) is 49.0 Å². The van der Waals surface area contributed by atoms with Crippen molar-refractivity contribution in [2.24, 2.45) is 4.99 Å². The van der Waals surface area contributed by atoms with Gasteiger partial charge in [0.1, 0.15) is 6.10 Å². The van der Waals surface area contributed by atoms with Crippen LogP contribution >= 0.6 is 11.6 Å². The Labute approximate surface area is 161 Å². The molecule has 0 spiro atoms. The number of rotatable bonds is 5. The standard InChI is InChI=1S/C17H17ClN4O4S/c1-11-15(26-10-21-11)9-20-17(23)22-13-3-5-14(6-4-13)27(24,25)16-7-2-12(18)8-19-16/h2-8,10-11,15H,9H2,1H3,(H2,20,22,23). The van der Waals surface area contributed by atoms with Crippen LogP contribution in [0.5, 0.6) is 0 Å². The van der Waals surface area contributed by atoms with Gasteiger partial charge in [-0.25, -0.2) is 18.2 Å². The summed E-state index contributed by atoms with van der Waals surface area (Å²) in [6, 6.07) is 8.16. The number of carbonyl (C=O) groups excluding carboxylic acids is 1. The summed E-state index contributed by atoms with van der Waals surface area (Å²) in [5, 5.41) is 5.57. The van der Waals surface area contributed by atoms with Gasteiger partial charge in [-0.3, -0.25) is 4.99 Å². The topological polar surface area (TPSA) is 110 Å². The van der Waals surface area contributed by atoms with Crippen molar-refractivity contribution in [2.45, 2.75) is 29.0 Å². The molecule has 1 aliphatic rings. The van der Waals surface area contributed by atoms with Gasteiger partial charge in [-0.2, -0.15) is 0 Å². The maximum absolute atomic E-state index is 12.5. The number of aliphatic imine (C=N–C) groups is 1. The molecule has 0 aliphatic carbocycles. The normalized spacial score (nSPS) is 18.7. The Balaban J connectivity index is 1.61. The SMILES string of the molecule is CC1N=COC1CNC(=O)Nc1ccc(S(=O)(=O)c2ccc(Cl)cn2)cc1. The van der Waals surface area contributed by atoms with Gasteiger partial charge < -0.3 is 15.4 Å². The van der Waals surface area contributed by atoms with E-state index in [9.17, 15) is 13.2 Å². The smallest absolute Gasteiger partial charge is 0.319 e. The number of aromatic nitrogens is 1. The Morgan fingerprint density at radius 2 is 1.96 bits per heavy atom. The highest BCUT2D eigenvalue weighted by atomic mass is 35.5. The third kappa shape index (κ3) is 4.55. The minimum Gasteiger partial charge on any atom is -0.476 e. The van der Waals surface area contributed by atoms with Gasteiger partial charge >= 0.3 is 6.03 Å². The molecule has 0 radical (unpaired) electrons. The van der Waals surface area contributed by atoms with Gasteiger partial charge in [-0.05, 0) is 43.3 Å². The maximum atomic E-state index is 12.5. The molecule has 2 amide bonds. The summed E-state index contributed by atoms with van der Waals surface area (Å²) in [7, 11) is -3.76. The van der Waals surface area contributed by atoms with E-state index < -0.39 is 15.9 Å². The van der Waals surface area contributed by atoms with Crippen molar-refractivity contribution in [2.75, 3.05) is 11.9 Å². The summed E-state index contributed by atoms with van der Waals surface area (Å²) >= 11 is 5.73. The number of anilines is 1. The van der Waals surface area contributed by atoms with Gasteiger partial charge in [0.15, 0.2) is 11.4 Å². The molecule has 1 aromatic heterocycles. The Hall–Kier alpha value is -2.65. The first-order valence-corrected chi connectivity index (χ1v) is 9.91. The molecule has 2 aromatic rings. The summed E-state index contributed by atoms with van der Waals surface area (Å²) in [5.41, 5.74) is 0.451. The van der Waals surface area contributed by atoms with Crippen LogP contribution in [-0.4, -0.2) is 44.5 Å². The molecule has 3 rings (SSSR count). The predicted octanol–water partition coefficient (Wildman–Crippen LogP) is 2.50. The molecule has 1 aromatic carbocycles. The molecule has 1 aliphatic heterocycles. The second kappa shape index (κ2) is 7.93. The van der Waals surface area contributed by atoms with E-state index in [-0.39, 0.29) is 22.1 Å². The van der Waals surface area contributed by atoms with Crippen LogP contribution in [0.3, 0.4) is 0 Å². The summed E-state index contributed by atoms with van der Waals surface area (Å²) in [6.07, 6.45) is 2.45. The number of carbonyl (C=O) groups is 1. The number of nitrogens with zero attached hydrogens (tertiary/aromatic N) is 2. The Kier molecular flexibility index (Phi) is 5.62. The fourth-order valence-electron chi connectivity index (χ4n) is 2.37. The maximum Gasteiger partial charge on any atom is 0.319 e. The third-order valence-electron chi connectivity index (χ3n) is 3.93. The van der Waals surface area contributed by atoms with Gasteiger partial charge in [0.25, 0.3) is 0 Å². The monoisotopic (exact) mass is 408 g/mol. The largest absolute Gasteiger partial charge is 0.476 e. The highest BCUT2D eigenvalue weighted by Gasteiger charge is 2.22. The van der Waals surface area contributed by atoms with Gasteiger partial charge in [0, 0.05) is 11.9 Å². The fraction of sp³-hybridized carbons (Fsp3) is 0.235. The number of sulfone groups is 1. The molecule has 2 unspecified atom stereocenters. The Morgan fingerprint density at radius 1 is 1.22 bits per heavy atom. The minimum atomic E-state index is -3.76. The van der Waals surface area contributed by atoms with Crippen molar-refractivity contribution < 1.29 is 17.9 Å². The van der Waals surface area contributed by atoms with Crippen LogP contribution in [0.1, 0.15) is 6.92 Å². The zero-order valence-electron chi connectivity index (χ0n) is 14.3. The molecule has 0 saturated carbocycles. The van der Waals surface area contributed by atoms with Crippen molar-refractivity contribution in [1.82, 2.24) is 10.3 Å². The Bertz CT molecular complexity index is 946. The molecule has 2 atom stereocenters. The molecule has 0 bridgehead atoms. The lowest BCUT2D eigenvalue weighted by Gasteiger charge is -2.15. The first kappa shape index (κ1) is 19.1. The zero-order valence-corrected chi connectivity index (χ0v) is 15.9. The summed E-state index contributed by atoms with van der Waals surface area (Å²) in [4.78, 5) is 19.9. The summed E-state index contributed by atoms with van der Waals surface area (Å²) < 4.78 is 30.3. The number of hydrogen-bond acceptors (Lipinski definition) is 6. The molecule has 2 N–H and O–H groups in total. The van der Waals surface area contributed by atoms with Crippen LogP contribution in [-0.2, 0) is 14.6 Å². The lowest BCUT2D eigenvalue weighted by atomic mass is 10.2. The summed E-state index contributed by atoms with van der Waals surface area (Å²) in [5.74, 6) is 0. The van der Waals surface area contributed by atoms with Crippen LogP contribution in [0.2, 0.25) is 5.02 Å². The minimum absolute atomic E-state index is 0.0173. The third-order valence-corrected chi connectivity index (χ3v) is 5.84. The lowest BCUT2D eigenvalue weighted by molar-refractivity contribution is 0.199. The van der Waals surface area contributed by atoms with Gasteiger partial charge in [0.05, 0.1) is 22.5 Å². The van der Waals surface area contributed by atoms with Gasteiger partial charge in [-0.15, -0.1) is 0 Å². The molecular formula is C17H17ClN4O4S. The molecule has 10 heteroatoms. The average molecular weight is 409 g/mol. The average Bonchev–Trinajstić information content (AvgIpc) is 3.06. The van der Waals surface area contributed by atoms with Crippen LogP contribution in [0.15, 0.2) is 57.5 Å². The number of amides is 2. The van der Waals surface area contributed by atoms with E-state index in [0.29, 0.717) is 17.3 Å². The van der Waals surface area contributed by atoms with Crippen LogP contribution in [0.4, 0.5) is 10.5 Å². The number of nitrogens with one attached hydrogen (secondary N) is 2. The second-order valence-electron chi connectivity index (χ2n) is 5.85. The zero-order chi connectivity index (χ0) is 19.4. The van der Waals surface area contributed by atoms with E-state index in [1.807, 2.05) is 6.92 Å². The van der Waals surface area contributed by atoms with E-state index >= 15 is 0 Å². The van der Waals surface area contributed by atoms with Crippen molar-refractivity contribution in [1.29, 1.82) is 0 Å². The van der Waals surface area contributed by atoms with Crippen molar-refractivity contribution in [3.63, 3.8) is 0 Å². The highest BCUT2D eigenvalue weighted by Crippen LogP contribution is 2.21.